The maximum absolute atomic E-state index is 13.4. The van der Waals surface area contributed by atoms with Crippen LogP contribution < -0.4 is 5.73 Å². The van der Waals surface area contributed by atoms with Gasteiger partial charge >= 0.3 is 0 Å². The molecule has 2 atom stereocenters. The van der Waals surface area contributed by atoms with Crippen LogP contribution >= 0.6 is 11.8 Å². The fourth-order valence-electron chi connectivity index (χ4n) is 4.05. The molecule has 1 aromatic rings. The van der Waals surface area contributed by atoms with Gasteiger partial charge in [0.1, 0.15) is 0 Å². The first-order chi connectivity index (χ1) is 11.5. The summed E-state index contributed by atoms with van der Waals surface area (Å²) in [5.41, 5.74) is 7.38. The quantitative estimate of drug-likeness (QED) is 0.897. The minimum atomic E-state index is -0.255. The second-order valence-electron chi connectivity index (χ2n) is 7.63. The molecule has 1 amide bonds. The lowest BCUT2D eigenvalue weighted by Crippen LogP contribution is -2.51. The molecule has 2 aliphatic rings. The Hall–Kier alpha value is -1.00. The number of nitrogens with zero attached hydrogens (tertiary/aromatic N) is 1. The third kappa shape index (κ3) is 3.80. The van der Waals surface area contributed by atoms with E-state index in [1.165, 1.54) is 10.5 Å². The Morgan fingerprint density at radius 3 is 2.54 bits per heavy atom. The van der Waals surface area contributed by atoms with Crippen molar-refractivity contribution >= 4 is 17.7 Å². The summed E-state index contributed by atoms with van der Waals surface area (Å²) < 4.78 is -0.255. The monoisotopic (exact) mass is 346 g/mol. The molecule has 0 spiro atoms. The molecule has 1 aromatic carbocycles. The van der Waals surface area contributed by atoms with Crippen LogP contribution in [0.4, 0.5) is 0 Å². The summed E-state index contributed by atoms with van der Waals surface area (Å²) in [6, 6.07) is 8.78. The summed E-state index contributed by atoms with van der Waals surface area (Å²) in [5, 5.41) is 0. The van der Waals surface area contributed by atoms with Crippen molar-refractivity contribution in [3.63, 3.8) is 0 Å². The van der Waals surface area contributed by atoms with E-state index in [0.717, 1.165) is 51.6 Å². The van der Waals surface area contributed by atoms with Gasteiger partial charge in [-0.15, -0.1) is 11.8 Å². The van der Waals surface area contributed by atoms with E-state index in [2.05, 4.69) is 43.0 Å². The van der Waals surface area contributed by atoms with E-state index in [1.54, 1.807) is 11.8 Å². The van der Waals surface area contributed by atoms with Gasteiger partial charge in [0.15, 0.2) is 0 Å². The van der Waals surface area contributed by atoms with E-state index in [4.69, 9.17) is 5.73 Å². The predicted octanol–water partition coefficient (Wildman–Crippen LogP) is 3.99. The van der Waals surface area contributed by atoms with Crippen molar-refractivity contribution in [2.24, 2.45) is 11.7 Å². The van der Waals surface area contributed by atoms with Gasteiger partial charge in [-0.1, -0.05) is 30.5 Å². The molecule has 3 rings (SSSR count). The average Bonchev–Trinajstić information content (AvgIpc) is 3.06. The third-order valence-electron chi connectivity index (χ3n) is 5.62. The number of carbonyl (C=O) groups excluding carboxylic acids is 1. The van der Waals surface area contributed by atoms with E-state index in [0.29, 0.717) is 11.8 Å². The molecule has 132 valence electrons. The summed E-state index contributed by atoms with van der Waals surface area (Å²) in [5.74, 6) is 0.807. The predicted molar refractivity (Wildman–Crippen MR) is 101 cm³/mol. The van der Waals surface area contributed by atoms with Crippen LogP contribution in [0, 0.1) is 12.8 Å². The van der Waals surface area contributed by atoms with Gasteiger partial charge < -0.3 is 10.6 Å². The van der Waals surface area contributed by atoms with Crippen LogP contribution in [0.1, 0.15) is 51.0 Å². The Kier molecular flexibility index (Phi) is 5.56. The Balaban J connectivity index is 1.76. The van der Waals surface area contributed by atoms with E-state index < -0.39 is 0 Å². The number of thioether (sulfide) groups is 1. The second kappa shape index (κ2) is 7.49. The van der Waals surface area contributed by atoms with Crippen molar-refractivity contribution in [2.45, 2.75) is 68.1 Å². The maximum atomic E-state index is 13.4. The van der Waals surface area contributed by atoms with Crippen molar-refractivity contribution in [1.29, 1.82) is 0 Å². The van der Waals surface area contributed by atoms with Gasteiger partial charge in [0, 0.05) is 24.0 Å². The number of hydrogen-bond acceptors (Lipinski definition) is 3. The fraction of sp³-hybridized carbons (Fsp3) is 0.650. The minimum Gasteiger partial charge on any atom is -0.341 e. The number of piperidine rings is 1. The SMILES string of the molecule is Cc1ccc(SC2(C(=O)N3CCCC(C(C)N)C3)CCCC2)cc1. The Morgan fingerprint density at radius 2 is 1.92 bits per heavy atom. The van der Waals surface area contributed by atoms with Crippen LogP contribution in [0.15, 0.2) is 29.2 Å². The van der Waals surface area contributed by atoms with Gasteiger partial charge in [0.25, 0.3) is 0 Å². The summed E-state index contributed by atoms with van der Waals surface area (Å²) in [6.45, 7) is 5.92. The van der Waals surface area contributed by atoms with Crippen LogP contribution in [0.3, 0.4) is 0 Å². The Bertz CT molecular complexity index is 564. The van der Waals surface area contributed by atoms with E-state index >= 15 is 0 Å². The zero-order valence-corrected chi connectivity index (χ0v) is 15.8. The van der Waals surface area contributed by atoms with Crippen molar-refractivity contribution in [1.82, 2.24) is 4.90 Å². The Morgan fingerprint density at radius 1 is 1.25 bits per heavy atom. The summed E-state index contributed by atoms with van der Waals surface area (Å²) in [7, 11) is 0. The summed E-state index contributed by atoms with van der Waals surface area (Å²) >= 11 is 1.80. The molecule has 3 nitrogen and oxygen atoms in total. The van der Waals surface area contributed by atoms with Gasteiger partial charge in [0.2, 0.25) is 5.91 Å². The molecule has 1 aliphatic heterocycles. The standard InChI is InChI=1S/C20H30N2OS/c1-15-7-9-18(10-8-15)24-20(11-3-4-12-20)19(23)22-13-5-6-17(14-22)16(2)21/h7-10,16-17H,3-6,11-14,21H2,1-2H3. The highest BCUT2D eigenvalue weighted by Crippen LogP contribution is 2.47. The second-order valence-corrected chi connectivity index (χ2v) is 9.09. The number of benzene rings is 1. The maximum Gasteiger partial charge on any atom is 0.239 e. The van der Waals surface area contributed by atoms with Crippen molar-refractivity contribution in [2.75, 3.05) is 13.1 Å². The number of carbonyl (C=O) groups is 1. The van der Waals surface area contributed by atoms with Crippen molar-refractivity contribution in [3.05, 3.63) is 29.8 Å². The zero-order valence-electron chi connectivity index (χ0n) is 15.0. The molecule has 24 heavy (non-hydrogen) atoms. The number of nitrogens with two attached hydrogens (primary N) is 1. The number of amides is 1. The van der Waals surface area contributed by atoms with Crippen LogP contribution in [-0.4, -0.2) is 34.7 Å². The van der Waals surface area contributed by atoms with Gasteiger partial charge in [-0.3, -0.25) is 4.79 Å². The lowest BCUT2D eigenvalue weighted by molar-refractivity contribution is -0.135. The number of rotatable bonds is 4. The molecule has 2 unspecified atom stereocenters. The molecule has 2 N–H and O–H groups in total. The van der Waals surface area contributed by atoms with E-state index in [1.807, 2.05) is 0 Å². The van der Waals surface area contributed by atoms with Crippen LogP contribution in [-0.2, 0) is 4.79 Å². The first-order valence-corrected chi connectivity index (χ1v) is 10.1. The molecule has 2 fully saturated rings. The first kappa shape index (κ1) is 17.8. The molecule has 1 aliphatic carbocycles. The highest BCUT2D eigenvalue weighted by atomic mass is 32.2. The molecule has 4 heteroatoms. The smallest absolute Gasteiger partial charge is 0.239 e. The van der Waals surface area contributed by atoms with Gasteiger partial charge in [-0.25, -0.2) is 0 Å². The largest absolute Gasteiger partial charge is 0.341 e. The molecule has 0 aromatic heterocycles. The lowest BCUT2D eigenvalue weighted by Gasteiger charge is -2.39. The molecule has 1 heterocycles. The van der Waals surface area contributed by atoms with E-state index in [-0.39, 0.29) is 10.8 Å². The Labute approximate surface area is 150 Å². The highest BCUT2D eigenvalue weighted by Gasteiger charge is 2.45. The van der Waals surface area contributed by atoms with Gasteiger partial charge in [-0.2, -0.15) is 0 Å². The van der Waals surface area contributed by atoms with E-state index in [9.17, 15) is 4.79 Å². The van der Waals surface area contributed by atoms with Crippen LogP contribution in [0.5, 0.6) is 0 Å². The minimum absolute atomic E-state index is 0.171. The average molecular weight is 347 g/mol. The molecule has 1 saturated carbocycles. The number of aryl methyl sites for hydroxylation is 1. The van der Waals surface area contributed by atoms with Crippen LogP contribution in [0.2, 0.25) is 0 Å². The molecule has 0 bridgehead atoms. The highest BCUT2D eigenvalue weighted by molar-refractivity contribution is 8.01. The summed E-state index contributed by atoms with van der Waals surface area (Å²) in [4.78, 5) is 16.8. The molecular weight excluding hydrogens is 316 g/mol. The van der Waals surface area contributed by atoms with Crippen LogP contribution in [0.25, 0.3) is 0 Å². The normalized spacial score (nSPS) is 24.8. The molecular formula is C20H30N2OS. The van der Waals surface area contributed by atoms with Gasteiger partial charge in [0.05, 0.1) is 4.75 Å². The number of likely N-dealkylation sites (tertiary alicyclic amines) is 1. The van der Waals surface area contributed by atoms with Gasteiger partial charge in [-0.05, 0) is 57.6 Å². The number of hydrogen-bond donors (Lipinski definition) is 1. The third-order valence-corrected chi connectivity index (χ3v) is 7.11. The zero-order chi connectivity index (χ0) is 17.2. The molecule has 0 radical (unpaired) electrons. The van der Waals surface area contributed by atoms with Crippen molar-refractivity contribution < 1.29 is 4.79 Å². The van der Waals surface area contributed by atoms with Crippen molar-refractivity contribution in [3.8, 4) is 0 Å². The topological polar surface area (TPSA) is 46.3 Å². The summed E-state index contributed by atoms with van der Waals surface area (Å²) in [6.07, 6.45) is 6.57. The molecule has 1 saturated heterocycles. The first-order valence-electron chi connectivity index (χ1n) is 9.31. The fourth-order valence-corrected chi connectivity index (χ4v) is 5.48. The lowest BCUT2D eigenvalue weighted by atomic mass is 9.91.